The van der Waals surface area contributed by atoms with Gasteiger partial charge in [-0.2, -0.15) is 4.98 Å². The summed E-state index contributed by atoms with van der Waals surface area (Å²) in [5.74, 6) is 0. The molecule has 1 N–H and O–H groups in total. The SMILES string of the molecule is CCc1cn2c(nc1=O)O[C@@H]1[C@H](F)[C@H]2O[C@@H]1CO. The molecule has 1 saturated heterocycles. The Morgan fingerprint density at radius 2 is 2.39 bits per heavy atom. The van der Waals surface area contributed by atoms with Gasteiger partial charge in [-0.05, 0) is 6.42 Å². The first kappa shape index (κ1) is 11.6. The first-order valence-electron chi connectivity index (χ1n) is 5.84. The zero-order valence-electron chi connectivity index (χ0n) is 9.75. The molecule has 98 valence electrons. The highest BCUT2D eigenvalue weighted by molar-refractivity contribution is 5.16. The van der Waals surface area contributed by atoms with Gasteiger partial charge in [-0.25, -0.2) is 4.39 Å². The van der Waals surface area contributed by atoms with Crippen LogP contribution in [0.1, 0.15) is 18.7 Å². The Morgan fingerprint density at radius 3 is 3.06 bits per heavy atom. The van der Waals surface area contributed by atoms with Crippen LogP contribution in [0.3, 0.4) is 0 Å². The molecule has 1 fully saturated rings. The standard InChI is InChI=1S/C11H13FN2O4/c1-2-5-3-14-10-7(12)8(6(4-15)17-10)18-11(14)13-9(5)16/h3,6-8,10,15H,2,4H2,1H3/t6-,7+,8+,10-/m1/s1. The number of aliphatic hydroxyl groups is 1. The number of hydrogen-bond acceptors (Lipinski definition) is 5. The normalized spacial score (nSPS) is 33.1. The van der Waals surface area contributed by atoms with Crippen molar-refractivity contribution < 1.29 is 19.0 Å². The molecule has 0 aliphatic carbocycles. The van der Waals surface area contributed by atoms with Gasteiger partial charge in [0.1, 0.15) is 6.10 Å². The molecular weight excluding hydrogens is 243 g/mol. The molecule has 3 rings (SSSR count). The predicted octanol–water partition coefficient (Wildman–Crippen LogP) is -0.206. The van der Waals surface area contributed by atoms with Crippen molar-refractivity contribution in [2.75, 3.05) is 6.61 Å². The van der Waals surface area contributed by atoms with E-state index >= 15 is 0 Å². The lowest BCUT2D eigenvalue weighted by Gasteiger charge is -2.27. The molecule has 18 heavy (non-hydrogen) atoms. The van der Waals surface area contributed by atoms with Crippen LogP contribution in [0.4, 0.5) is 4.39 Å². The summed E-state index contributed by atoms with van der Waals surface area (Å²) in [5, 5.41) is 9.10. The Labute approximate surface area is 102 Å². The van der Waals surface area contributed by atoms with Gasteiger partial charge in [0.2, 0.25) is 0 Å². The first-order chi connectivity index (χ1) is 8.65. The van der Waals surface area contributed by atoms with Crippen molar-refractivity contribution in [3.8, 4) is 6.01 Å². The number of ether oxygens (including phenoxy) is 2. The highest BCUT2D eigenvalue weighted by atomic mass is 19.1. The monoisotopic (exact) mass is 256 g/mol. The van der Waals surface area contributed by atoms with Gasteiger partial charge < -0.3 is 14.6 Å². The number of fused-ring (bicyclic) bond motifs is 4. The second kappa shape index (κ2) is 4.03. The fourth-order valence-corrected chi connectivity index (χ4v) is 2.33. The van der Waals surface area contributed by atoms with Crippen molar-refractivity contribution in [3.63, 3.8) is 0 Å². The summed E-state index contributed by atoms with van der Waals surface area (Å²) in [6, 6.07) is 0.0528. The van der Waals surface area contributed by atoms with Crippen molar-refractivity contribution in [2.24, 2.45) is 0 Å². The van der Waals surface area contributed by atoms with Gasteiger partial charge in [0.25, 0.3) is 5.56 Å². The quantitative estimate of drug-likeness (QED) is 0.793. The van der Waals surface area contributed by atoms with E-state index in [4.69, 9.17) is 14.6 Å². The van der Waals surface area contributed by atoms with Crippen LogP contribution in [-0.2, 0) is 11.2 Å². The van der Waals surface area contributed by atoms with Crippen LogP contribution in [0, 0.1) is 0 Å². The molecule has 0 unspecified atom stereocenters. The van der Waals surface area contributed by atoms with Crippen molar-refractivity contribution in [3.05, 3.63) is 22.1 Å². The van der Waals surface area contributed by atoms with Crippen LogP contribution in [-0.4, -0.2) is 39.6 Å². The van der Waals surface area contributed by atoms with E-state index in [0.717, 1.165) is 0 Å². The molecule has 0 spiro atoms. The molecule has 6 nitrogen and oxygen atoms in total. The smallest absolute Gasteiger partial charge is 0.302 e. The van der Waals surface area contributed by atoms with Crippen LogP contribution < -0.4 is 10.3 Å². The van der Waals surface area contributed by atoms with Crippen LogP contribution in [0.25, 0.3) is 0 Å². The molecule has 0 amide bonds. The Balaban J connectivity index is 2.08. The van der Waals surface area contributed by atoms with E-state index in [1.807, 2.05) is 6.92 Å². The van der Waals surface area contributed by atoms with Crippen LogP contribution in [0.15, 0.2) is 11.0 Å². The highest BCUT2D eigenvalue weighted by Gasteiger charge is 2.51. The van der Waals surface area contributed by atoms with Crippen molar-refractivity contribution in [2.45, 2.75) is 38.0 Å². The summed E-state index contributed by atoms with van der Waals surface area (Å²) in [6.45, 7) is 1.48. The van der Waals surface area contributed by atoms with Gasteiger partial charge in [-0.1, -0.05) is 6.92 Å². The maximum atomic E-state index is 14.0. The fourth-order valence-electron chi connectivity index (χ4n) is 2.33. The largest absolute Gasteiger partial charge is 0.455 e. The average molecular weight is 256 g/mol. The third kappa shape index (κ3) is 1.47. The van der Waals surface area contributed by atoms with Crippen LogP contribution in [0.5, 0.6) is 6.01 Å². The molecule has 2 bridgehead atoms. The third-order valence-electron chi connectivity index (χ3n) is 3.33. The Kier molecular flexibility index (Phi) is 2.60. The molecule has 0 aromatic carbocycles. The lowest BCUT2D eigenvalue weighted by molar-refractivity contribution is -0.0354. The minimum Gasteiger partial charge on any atom is -0.455 e. The van der Waals surface area contributed by atoms with Gasteiger partial charge in [0, 0.05) is 11.8 Å². The Bertz CT molecular complexity index is 532. The molecule has 3 heterocycles. The van der Waals surface area contributed by atoms with Gasteiger partial charge in [0.05, 0.1) is 6.61 Å². The molecule has 2 aliphatic heterocycles. The van der Waals surface area contributed by atoms with Crippen molar-refractivity contribution in [1.29, 1.82) is 0 Å². The lowest BCUT2D eigenvalue weighted by atomic mass is 10.1. The second-order valence-corrected chi connectivity index (χ2v) is 4.39. The summed E-state index contributed by atoms with van der Waals surface area (Å²) >= 11 is 0. The molecule has 7 heteroatoms. The summed E-state index contributed by atoms with van der Waals surface area (Å²) in [7, 11) is 0. The topological polar surface area (TPSA) is 73.6 Å². The van der Waals surface area contributed by atoms with E-state index in [0.29, 0.717) is 12.0 Å². The van der Waals surface area contributed by atoms with E-state index in [-0.39, 0.29) is 18.2 Å². The summed E-state index contributed by atoms with van der Waals surface area (Å²) < 4.78 is 26.1. The fraction of sp³-hybridized carbons (Fsp3) is 0.636. The average Bonchev–Trinajstić information content (AvgIpc) is 2.58. The van der Waals surface area contributed by atoms with E-state index in [9.17, 15) is 9.18 Å². The first-order valence-corrected chi connectivity index (χ1v) is 5.84. The van der Waals surface area contributed by atoms with Gasteiger partial charge in [-0.15, -0.1) is 0 Å². The number of aromatic nitrogens is 2. The van der Waals surface area contributed by atoms with Gasteiger partial charge in [-0.3, -0.25) is 9.36 Å². The maximum absolute atomic E-state index is 14.0. The zero-order chi connectivity index (χ0) is 12.9. The number of alkyl halides is 1. The summed E-state index contributed by atoms with van der Waals surface area (Å²) in [4.78, 5) is 15.4. The van der Waals surface area contributed by atoms with E-state index in [1.165, 1.54) is 10.8 Å². The van der Waals surface area contributed by atoms with E-state index in [2.05, 4.69) is 4.98 Å². The van der Waals surface area contributed by atoms with Crippen LogP contribution >= 0.6 is 0 Å². The van der Waals surface area contributed by atoms with Gasteiger partial charge in [0.15, 0.2) is 18.5 Å². The van der Waals surface area contributed by atoms with Crippen molar-refractivity contribution >= 4 is 0 Å². The number of aliphatic hydroxyl groups excluding tert-OH is 1. The molecule has 0 saturated carbocycles. The number of rotatable bonds is 2. The minimum absolute atomic E-state index is 0.0528. The van der Waals surface area contributed by atoms with E-state index in [1.54, 1.807) is 0 Å². The minimum atomic E-state index is -1.37. The molecule has 4 atom stereocenters. The lowest BCUT2D eigenvalue weighted by Crippen LogP contribution is -2.41. The predicted molar refractivity (Wildman–Crippen MR) is 58.2 cm³/mol. The van der Waals surface area contributed by atoms with Gasteiger partial charge >= 0.3 is 6.01 Å². The molecule has 1 aromatic rings. The Hall–Kier alpha value is -1.47. The van der Waals surface area contributed by atoms with Crippen LogP contribution in [0.2, 0.25) is 0 Å². The molecule has 1 aromatic heterocycles. The Morgan fingerprint density at radius 1 is 1.61 bits per heavy atom. The third-order valence-corrected chi connectivity index (χ3v) is 3.33. The zero-order valence-corrected chi connectivity index (χ0v) is 9.75. The van der Waals surface area contributed by atoms with E-state index < -0.39 is 24.6 Å². The maximum Gasteiger partial charge on any atom is 0.302 e. The number of nitrogens with zero attached hydrogens (tertiary/aromatic N) is 2. The highest BCUT2D eigenvalue weighted by Crippen LogP contribution is 2.39. The second-order valence-electron chi connectivity index (χ2n) is 4.39. The molecule has 0 radical (unpaired) electrons. The van der Waals surface area contributed by atoms with Crippen molar-refractivity contribution in [1.82, 2.24) is 9.55 Å². The number of aryl methyl sites for hydroxylation is 1. The molecular formula is C11H13FN2O4. The molecule has 2 aliphatic rings. The number of hydrogen-bond donors (Lipinski definition) is 1. The summed E-state index contributed by atoms with van der Waals surface area (Å²) in [6.07, 6.45) is -1.87. The summed E-state index contributed by atoms with van der Waals surface area (Å²) in [5.41, 5.74) is 0.102. The number of halogens is 1.